The van der Waals surface area contributed by atoms with Crippen molar-refractivity contribution in [2.75, 3.05) is 25.0 Å². The maximum Gasteiger partial charge on any atom is 0.0364 e. The highest BCUT2D eigenvalue weighted by atomic mass is 32.2. The van der Waals surface area contributed by atoms with E-state index < -0.39 is 0 Å². The third kappa shape index (κ3) is 3.65. The minimum absolute atomic E-state index is 0.703. The van der Waals surface area contributed by atoms with Gasteiger partial charge in [-0.1, -0.05) is 12.8 Å². The zero-order chi connectivity index (χ0) is 12.1. The van der Waals surface area contributed by atoms with Crippen LogP contribution in [0.1, 0.15) is 25.7 Å². The molecule has 1 aliphatic carbocycles. The second-order valence-corrected chi connectivity index (χ2v) is 6.10. The topological polar surface area (TPSA) is 29.3 Å². The molecule has 1 saturated carbocycles. The molecule has 17 heavy (non-hydrogen) atoms. The summed E-state index contributed by atoms with van der Waals surface area (Å²) in [6, 6.07) is 8.89. The van der Waals surface area contributed by atoms with Crippen molar-refractivity contribution in [1.29, 1.82) is 0 Å². The first-order chi connectivity index (χ1) is 8.29. The van der Waals surface area contributed by atoms with Gasteiger partial charge in [-0.15, -0.1) is 11.8 Å². The molecule has 1 fully saturated rings. The third-order valence-electron chi connectivity index (χ3n) is 3.35. The number of hydrogen-bond donors (Lipinski definition) is 1. The van der Waals surface area contributed by atoms with Crippen molar-refractivity contribution in [2.45, 2.75) is 35.8 Å². The van der Waals surface area contributed by atoms with Crippen molar-refractivity contribution >= 4 is 17.4 Å². The summed E-state index contributed by atoms with van der Waals surface area (Å²) in [6.45, 7) is 1.62. The predicted octanol–water partition coefficient (Wildman–Crippen LogP) is 3.12. The molecule has 0 radical (unpaired) electrons. The second-order valence-electron chi connectivity index (χ2n) is 4.73. The van der Waals surface area contributed by atoms with E-state index in [4.69, 9.17) is 5.73 Å². The number of nitrogens with two attached hydrogens (primary N) is 1. The van der Waals surface area contributed by atoms with Gasteiger partial charge < -0.3 is 10.6 Å². The highest BCUT2D eigenvalue weighted by Crippen LogP contribution is 2.35. The predicted molar refractivity (Wildman–Crippen MR) is 76.9 cm³/mol. The molecule has 0 unspecified atom stereocenters. The molecule has 2 N–H and O–H groups in total. The van der Waals surface area contributed by atoms with E-state index in [9.17, 15) is 0 Å². The highest BCUT2D eigenvalue weighted by molar-refractivity contribution is 8.00. The molecule has 0 saturated heterocycles. The summed E-state index contributed by atoms with van der Waals surface area (Å²) in [5.41, 5.74) is 6.82. The summed E-state index contributed by atoms with van der Waals surface area (Å²) in [6.07, 6.45) is 5.60. The van der Waals surface area contributed by atoms with Crippen LogP contribution in [-0.4, -0.2) is 25.4 Å². The van der Waals surface area contributed by atoms with Crippen LogP contribution in [0.4, 0.5) is 5.69 Å². The van der Waals surface area contributed by atoms with Gasteiger partial charge in [0.25, 0.3) is 0 Å². The van der Waals surface area contributed by atoms with Gasteiger partial charge in [-0.05, 0) is 37.1 Å². The molecule has 1 aliphatic rings. The first-order valence-corrected chi connectivity index (χ1v) is 7.35. The van der Waals surface area contributed by atoms with Gasteiger partial charge in [0.05, 0.1) is 0 Å². The quantitative estimate of drug-likeness (QED) is 0.870. The molecule has 0 aromatic heterocycles. The number of anilines is 1. The van der Waals surface area contributed by atoms with Crippen LogP contribution in [0.3, 0.4) is 0 Å². The normalized spacial score (nSPS) is 16.4. The van der Waals surface area contributed by atoms with E-state index in [1.807, 2.05) is 11.8 Å². The van der Waals surface area contributed by atoms with E-state index in [1.54, 1.807) is 0 Å². The molecular formula is C14H22N2S. The molecule has 0 spiro atoms. The average Bonchev–Trinajstić information content (AvgIpc) is 2.83. The Morgan fingerprint density at radius 2 is 1.88 bits per heavy atom. The number of likely N-dealkylation sites (N-methyl/N-ethyl adjacent to an activating group) is 1. The lowest BCUT2D eigenvalue weighted by molar-refractivity contribution is 0.884. The Balaban J connectivity index is 1.92. The number of rotatable bonds is 5. The fourth-order valence-electron chi connectivity index (χ4n) is 2.30. The first kappa shape index (κ1) is 12.8. The number of hydrogen-bond acceptors (Lipinski definition) is 3. The molecule has 1 aromatic rings. The Morgan fingerprint density at radius 3 is 2.47 bits per heavy atom. The summed E-state index contributed by atoms with van der Waals surface area (Å²) >= 11 is 2.04. The van der Waals surface area contributed by atoms with Crippen molar-refractivity contribution in [1.82, 2.24) is 0 Å². The molecular weight excluding hydrogens is 228 g/mol. The lowest BCUT2D eigenvalue weighted by atomic mass is 10.3. The van der Waals surface area contributed by atoms with Crippen LogP contribution in [0, 0.1) is 0 Å². The van der Waals surface area contributed by atoms with Crippen LogP contribution in [0.5, 0.6) is 0 Å². The van der Waals surface area contributed by atoms with Crippen LogP contribution >= 0.6 is 11.8 Å². The van der Waals surface area contributed by atoms with E-state index in [0.717, 1.165) is 11.8 Å². The largest absolute Gasteiger partial charge is 0.373 e. The standard InChI is InChI=1S/C14H22N2S/c1-16(11-10-15)12-6-8-14(9-7-12)17-13-4-2-3-5-13/h6-9,13H,2-5,10-11,15H2,1H3. The Labute approximate surface area is 109 Å². The van der Waals surface area contributed by atoms with Gasteiger partial charge in [0.1, 0.15) is 0 Å². The fraction of sp³-hybridized carbons (Fsp3) is 0.571. The summed E-state index contributed by atoms with van der Waals surface area (Å²) in [4.78, 5) is 3.60. The van der Waals surface area contributed by atoms with Gasteiger partial charge in [-0.25, -0.2) is 0 Å². The van der Waals surface area contributed by atoms with Gasteiger partial charge in [-0.2, -0.15) is 0 Å². The lowest BCUT2D eigenvalue weighted by Gasteiger charge is -2.18. The molecule has 94 valence electrons. The minimum Gasteiger partial charge on any atom is -0.373 e. The first-order valence-electron chi connectivity index (χ1n) is 6.47. The van der Waals surface area contributed by atoms with Crippen LogP contribution in [0.2, 0.25) is 0 Å². The lowest BCUT2D eigenvalue weighted by Crippen LogP contribution is -2.24. The maximum atomic E-state index is 5.56. The number of thioether (sulfide) groups is 1. The van der Waals surface area contributed by atoms with E-state index >= 15 is 0 Å². The van der Waals surface area contributed by atoms with Gasteiger partial charge in [0.2, 0.25) is 0 Å². The van der Waals surface area contributed by atoms with Crippen LogP contribution < -0.4 is 10.6 Å². The maximum absolute atomic E-state index is 5.56. The summed E-state index contributed by atoms with van der Waals surface area (Å²) in [5.74, 6) is 0. The van der Waals surface area contributed by atoms with Gasteiger partial charge in [0.15, 0.2) is 0 Å². The van der Waals surface area contributed by atoms with Crippen molar-refractivity contribution in [3.05, 3.63) is 24.3 Å². The SMILES string of the molecule is CN(CCN)c1ccc(SC2CCCC2)cc1. The highest BCUT2D eigenvalue weighted by Gasteiger charge is 2.15. The molecule has 0 heterocycles. The van der Waals surface area contributed by atoms with Crippen molar-refractivity contribution in [3.8, 4) is 0 Å². The van der Waals surface area contributed by atoms with Crippen LogP contribution in [0.15, 0.2) is 29.2 Å². The summed E-state index contributed by atoms with van der Waals surface area (Å²) in [5, 5.41) is 0.850. The molecule has 0 atom stereocenters. The molecule has 0 bridgehead atoms. The van der Waals surface area contributed by atoms with Crippen molar-refractivity contribution < 1.29 is 0 Å². The Bertz CT molecular complexity index is 331. The molecule has 3 heteroatoms. The fourth-order valence-corrected chi connectivity index (χ4v) is 3.55. The minimum atomic E-state index is 0.703. The smallest absolute Gasteiger partial charge is 0.0364 e. The van der Waals surface area contributed by atoms with Crippen LogP contribution in [-0.2, 0) is 0 Å². The van der Waals surface area contributed by atoms with E-state index in [0.29, 0.717) is 6.54 Å². The molecule has 2 rings (SSSR count). The van der Waals surface area contributed by atoms with E-state index in [-0.39, 0.29) is 0 Å². The second kappa shape index (κ2) is 6.31. The molecule has 0 aliphatic heterocycles. The third-order valence-corrected chi connectivity index (χ3v) is 4.70. The molecule has 0 amide bonds. The van der Waals surface area contributed by atoms with Gasteiger partial charge in [-0.3, -0.25) is 0 Å². The zero-order valence-electron chi connectivity index (χ0n) is 10.6. The summed E-state index contributed by atoms with van der Waals surface area (Å²) in [7, 11) is 2.09. The Morgan fingerprint density at radius 1 is 1.24 bits per heavy atom. The zero-order valence-corrected chi connectivity index (χ0v) is 11.4. The number of nitrogens with zero attached hydrogens (tertiary/aromatic N) is 1. The molecule has 1 aromatic carbocycles. The van der Waals surface area contributed by atoms with E-state index in [1.165, 1.54) is 36.3 Å². The number of benzene rings is 1. The molecule has 2 nitrogen and oxygen atoms in total. The monoisotopic (exact) mass is 250 g/mol. The van der Waals surface area contributed by atoms with E-state index in [2.05, 4.69) is 36.2 Å². The van der Waals surface area contributed by atoms with Crippen LogP contribution in [0.25, 0.3) is 0 Å². The Hall–Kier alpha value is -0.670. The van der Waals surface area contributed by atoms with Gasteiger partial charge >= 0.3 is 0 Å². The average molecular weight is 250 g/mol. The van der Waals surface area contributed by atoms with Gasteiger partial charge in [0, 0.05) is 36.0 Å². The van der Waals surface area contributed by atoms with Crippen molar-refractivity contribution in [3.63, 3.8) is 0 Å². The Kier molecular flexibility index (Phi) is 4.75. The van der Waals surface area contributed by atoms with Crippen molar-refractivity contribution in [2.24, 2.45) is 5.73 Å². The summed E-state index contributed by atoms with van der Waals surface area (Å²) < 4.78 is 0.